The molecule has 128 valence electrons. The minimum Gasteiger partial charge on any atom is -0.493 e. The number of para-hydroxylation sites is 1. The molecule has 0 amide bonds. The van der Waals surface area contributed by atoms with Crippen LogP contribution in [-0.2, 0) is 10.0 Å². The van der Waals surface area contributed by atoms with Crippen molar-refractivity contribution in [3.8, 4) is 11.6 Å². The number of hydrogen-bond donors (Lipinski definition) is 1. The average molecular weight is 361 g/mol. The fourth-order valence-corrected chi connectivity index (χ4v) is 3.54. The van der Waals surface area contributed by atoms with Crippen LogP contribution in [0.25, 0.3) is 5.69 Å². The van der Waals surface area contributed by atoms with Gasteiger partial charge in [-0.1, -0.05) is 18.2 Å². The van der Waals surface area contributed by atoms with Gasteiger partial charge >= 0.3 is 5.69 Å². The van der Waals surface area contributed by atoms with Crippen molar-refractivity contribution in [2.24, 2.45) is 0 Å². The Hall–Kier alpha value is -3.40. The number of nitrogens with zero attached hydrogens (tertiary/aromatic N) is 3. The van der Waals surface area contributed by atoms with Gasteiger partial charge in [-0.05, 0) is 24.3 Å². The van der Waals surface area contributed by atoms with E-state index in [2.05, 4.69) is 0 Å². The highest BCUT2D eigenvalue weighted by molar-refractivity contribution is 7.90. The Morgan fingerprint density at radius 2 is 1.60 bits per heavy atom. The van der Waals surface area contributed by atoms with Crippen LogP contribution in [0.15, 0.2) is 70.5 Å². The van der Waals surface area contributed by atoms with Gasteiger partial charge in [0, 0.05) is 12.1 Å². The van der Waals surface area contributed by atoms with Crippen molar-refractivity contribution in [1.29, 1.82) is 0 Å². The second kappa shape index (κ2) is 5.91. The summed E-state index contributed by atoms with van der Waals surface area (Å²) in [4.78, 5) is 22.1. The molecule has 0 radical (unpaired) electrons. The maximum atomic E-state index is 12.6. The van der Waals surface area contributed by atoms with E-state index < -0.39 is 26.5 Å². The summed E-state index contributed by atoms with van der Waals surface area (Å²) in [5.74, 6) is -0.771. The van der Waals surface area contributed by atoms with Crippen molar-refractivity contribution in [2.45, 2.75) is 4.90 Å². The molecule has 2 aromatic carbocycles. The summed E-state index contributed by atoms with van der Waals surface area (Å²) in [5, 5.41) is 20.6. The molecular formula is C15H11N3O6S. The predicted molar refractivity (Wildman–Crippen MR) is 87.4 cm³/mol. The molecule has 9 nitrogen and oxygen atoms in total. The average Bonchev–Trinajstić information content (AvgIpc) is 2.90. The number of non-ortho nitro benzene ring substituents is 1. The maximum Gasteiger partial charge on any atom is 0.350 e. The van der Waals surface area contributed by atoms with E-state index >= 15 is 0 Å². The highest BCUT2D eigenvalue weighted by Crippen LogP contribution is 2.21. The molecule has 0 saturated carbocycles. The summed E-state index contributed by atoms with van der Waals surface area (Å²) < 4.78 is 26.5. The monoisotopic (exact) mass is 361 g/mol. The van der Waals surface area contributed by atoms with Crippen LogP contribution in [0, 0.1) is 10.1 Å². The van der Waals surface area contributed by atoms with Gasteiger partial charge in [-0.3, -0.25) is 14.7 Å². The van der Waals surface area contributed by atoms with Crippen LogP contribution in [0.3, 0.4) is 0 Å². The van der Waals surface area contributed by atoms with E-state index in [1.165, 1.54) is 0 Å². The quantitative estimate of drug-likeness (QED) is 0.554. The topological polar surface area (TPSA) is 124 Å². The molecule has 0 aliphatic heterocycles. The molecular weight excluding hydrogens is 350 g/mol. The molecule has 0 saturated heterocycles. The second-order valence-electron chi connectivity index (χ2n) is 5.00. The molecule has 0 fully saturated rings. The number of nitro groups is 1. The van der Waals surface area contributed by atoms with Gasteiger partial charge in [-0.25, -0.2) is 13.2 Å². The van der Waals surface area contributed by atoms with E-state index in [-0.39, 0.29) is 14.6 Å². The van der Waals surface area contributed by atoms with Crippen molar-refractivity contribution < 1.29 is 18.4 Å². The standard InChI is InChI=1S/C15H11N3O6S/c19-14-10-16(11-4-2-1-3-5-11)15(20)17(14)25(23,24)13-8-6-12(7-9-13)18(21)22/h1-10,19H. The van der Waals surface area contributed by atoms with Gasteiger partial charge < -0.3 is 5.11 Å². The minimum atomic E-state index is -4.42. The summed E-state index contributed by atoms with van der Waals surface area (Å²) in [6.07, 6.45) is 0.987. The fourth-order valence-electron chi connectivity index (χ4n) is 2.26. The molecule has 1 aromatic heterocycles. The van der Waals surface area contributed by atoms with Crippen molar-refractivity contribution in [1.82, 2.24) is 8.54 Å². The van der Waals surface area contributed by atoms with Gasteiger partial charge in [-0.2, -0.15) is 0 Å². The zero-order chi connectivity index (χ0) is 18.2. The third-order valence-electron chi connectivity index (χ3n) is 3.45. The fraction of sp³-hybridized carbons (Fsp3) is 0. The molecule has 3 rings (SSSR count). The summed E-state index contributed by atoms with van der Waals surface area (Å²) in [6, 6.07) is 12.2. The van der Waals surface area contributed by atoms with Gasteiger partial charge in [0.05, 0.1) is 21.7 Å². The Balaban J connectivity index is 2.14. The number of benzene rings is 2. The third kappa shape index (κ3) is 2.78. The second-order valence-corrected chi connectivity index (χ2v) is 6.78. The van der Waals surface area contributed by atoms with Gasteiger partial charge in [-0.15, -0.1) is 3.97 Å². The number of aromatic nitrogens is 2. The maximum absolute atomic E-state index is 12.6. The molecule has 0 aliphatic carbocycles. The Morgan fingerprint density at radius 3 is 2.16 bits per heavy atom. The normalized spacial score (nSPS) is 11.4. The van der Waals surface area contributed by atoms with Gasteiger partial charge in [0.25, 0.3) is 15.7 Å². The summed E-state index contributed by atoms with van der Waals surface area (Å²) in [6.45, 7) is 0. The first-order valence-electron chi connectivity index (χ1n) is 6.91. The lowest BCUT2D eigenvalue weighted by Gasteiger charge is -2.05. The molecule has 0 atom stereocenters. The van der Waals surface area contributed by atoms with Crippen LogP contribution in [0.5, 0.6) is 5.88 Å². The molecule has 0 aliphatic rings. The van der Waals surface area contributed by atoms with Gasteiger partial charge in [0.2, 0.25) is 5.88 Å². The number of aromatic hydroxyl groups is 1. The van der Waals surface area contributed by atoms with E-state index in [1.807, 2.05) is 0 Å². The Morgan fingerprint density at radius 1 is 1.00 bits per heavy atom. The molecule has 10 heteroatoms. The molecule has 3 aromatic rings. The Labute approximate surface area is 141 Å². The first-order valence-corrected chi connectivity index (χ1v) is 8.35. The minimum absolute atomic E-state index is 0.237. The van der Waals surface area contributed by atoms with Crippen LogP contribution in [0.4, 0.5) is 5.69 Å². The summed E-state index contributed by atoms with van der Waals surface area (Å²) in [7, 11) is -4.42. The van der Waals surface area contributed by atoms with E-state index in [9.17, 15) is 28.4 Å². The highest BCUT2D eigenvalue weighted by Gasteiger charge is 2.26. The zero-order valence-corrected chi connectivity index (χ0v) is 13.3. The van der Waals surface area contributed by atoms with E-state index in [0.29, 0.717) is 5.69 Å². The molecule has 1 N–H and O–H groups in total. The smallest absolute Gasteiger partial charge is 0.350 e. The first-order chi connectivity index (χ1) is 11.8. The van der Waals surface area contributed by atoms with Crippen molar-refractivity contribution in [3.05, 3.63) is 81.4 Å². The summed E-state index contributed by atoms with van der Waals surface area (Å²) >= 11 is 0. The van der Waals surface area contributed by atoms with Gasteiger partial charge in [0.15, 0.2) is 0 Å². The molecule has 25 heavy (non-hydrogen) atoms. The predicted octanol–water partition coefficient (Wildman–Crippen LogP) is 1.49. The van der Waals surface area contributed by atoms with E-state index in [0.717, 1.165) is 35.0 Å². The largest absolute Gasteiger partial charge is 0.493 e. The number of nitro benzene ring substituents is 1. The third-order valence-corrected chi connectivity index (χ3v) is 5.14. The number of rotatable bonds is 4. The summed E-state index contributed by atoms with van der Waals surface area (Å²) in [5.41, 5.74) is -0.903. The van der Waals surface area contributed by atoms with Crippen molar-refractivity contribution in [2.75, 3.05) is 0 Å². The Bertz CT molecular complexity index is 1100. The first kappa shape index (κ1) is 16.5. The van der Waals surface area contributed by atoms with Crippen LogP contribution >= 0.6 is 0 Å². The van der Waals surface area contributed by atoms with Crippen LogP contribution in [0.1, 0.15) is 0 Å². The van der Waals surface area contributed by atoms with Crippen molar-refractivity contribution in [3.63, 3.8) is 0 Å². The van der Waals surface area contributed by atoms with Crippen LogP contribution in [0.2, 0.25) is 0 Å². The Kier molecular flexibility index (Phi) is 3.89. The van der Waals surface area contributed by atoms with Crippen LogP contribution in [-0.4, -0.2) is 27.0 Å². The lowest BCUT2D eigenvalue weighted by atomic mass is 10.3. The molecule has 0 bridgehead atoms. The van der Waals surface area contributed by atoms with Crippen LogP contribution < -0.4 is 5.69 Å². The van der Waals surface area contributed by atoms with Crippen molar-refractivity contribution >= 4 is 15.7 Å². The number of hydrogen-bond acceptors (Lipinski definition) is 6. The lowest BCUT2D eigenvalue weighted by Crippen LogP contribution is -2.28. The molecule has 1 heterocycles. The lowest BCUT2D eigenvalue weighted by molar-refractivity contribution is -0.384. The molecule has 0 unspecified atom stereocenters. The van der Waals surface area contributed by atoms with E-state index in [1.54, 1.807) is 30.3 Å². The number of imidazole rings is 1. The SMILES string of the molecule is O=c1n(-c2ccccc2)cc(O)n1S(=O)(=O)c1ccc([N+](=O)[O-])cc1. The highest BCUT2D eigenvalue weighted by atomic mass is 32.2. The zero-order valence-electron chi connectivity index (χ0n) is 12.5. The van der Waals surface area contributed by atoms with Gasteiger partial charge in [0.1, 0.15) is 0 Å². The van der Waals surface area contributed by atoms with E-state index in [4.69, 9.17) is 0 Å². The molecule has 0 spiro atoms.